The quantitative estimate of drug-likeness (QED) is 0.856. The normalized spacial score (nSPS) is 22.9. The second-order valence-corrected chi connectivity index (χ2v) is 7.90. The first-order chi connectivity index (χ1) is 9.86. The molecule has 20 heavy (non-hydrogen) atoms. The lowest BCUT2D eigenvalue weighted by Crippen LogP contribution is -2.34. The Morgan fingerprint density at radius 1 is 0.750 bits per heavy atom. The van der Waals surface area contributed by atoms with E-state index in [1.165, 1.54) is 23.5 Å². The van der Waals surface area contributed by atoms with Gasteiger partial charge in [0.2, 0.25) is 0 Å². The molecule has 2 aromatic rings. The fraction of sp³-hybridized carbons (Fsp3) is 0.333. The van der Waals surface area contributed by atoms with Crippen LogP contribution in [0.2, 0.25) is 0 Å². The van der Waals surface area contributed by atoms with E-state index in [0.29, 0.717) is 5.66 Å². The molecule has 0 aromatic heterocycles. The molecular formula is C18H21OP. The topological polar surface area (TPSA) is 20.2 Å². The van der Waals surface area contributed by atoms with Gasteiger partial charge in [0.25, 0.3) is 0 Å². The summed E-state index contributed by atoms with van der Waals surface area (Å²) in [5.41, 5.74) is 0.406. The zero-order chi connectivity index (χ0) is 13.8. The average molecular weight is 284 g/mol. The molecule has 2 heteroatoms. The fourth-order valence-corrected chi connectivity index (χ4v) is 6.09. The molecule has 2 aromatic carbocycles. The molecule has 2 unspecified atom stereocenters. The molecule has 104 valence electrons. The van der Waals surface area contributed by atoms with Gasteiger partial charge in [-0.1, -0.05) is 73.5 Å². The zero-order valence-corrected chi connectivity index (χ0v) is 12.5. The zero-order valence-electron chi connectivity index (χ0n) is 11.7. The molecule has 0 radical (unpaired) electrons. The standard InChI is InChI=1S/C18H21OP/c19-17-13-7-8-14-18(17)20(15-9-3-1-4-10-15)16-11-5-2-6-12-16/h1-6,9-12,17-19H,7-8,13-14H2. The van der Waals surface area contributed by atoms with Gasteiger partial charge in [-0.15, -0.1) is 0 Å². The predicted molar refractivity (Wildman–Crippen MR) is 87.3 cm³/mol. The molecule has 1 aliphatic rings. The Morgan fingerprint density at radius 2 is 1.25 bits per heavy atom. The number of hydrogen-bond donors (Lipinski definition) is 1. The highest BCUT2D eigenvalue weighted by Crippen LogP contribution is 2.46. The molecule has 0 amide bonds. The van der Waals surface area contributed by atoms with Crippen molar-refractivity contribution in [3.63, 3.8) is 0 Å². The molecule has 1 fully saturated rings. The first-order valence-corrected chi connectivity index (χ1v) is 8.85. The molecule has 0 saturated heterocycles. The summed E-state index contributed by atoms with van der Waals surface area (Å²) in [6, 6.07) is 21.5. The molecule has 2 atom stereocenters. The number of rotatable bonds is 3. The lowest BCUT2D eigenvalue weighted by atomic mass is 9.97. The van der Waals surface area contributed by atoms with E-state index in [0.717, 1.165) is 12.8 Å². The van der Waals surface area contributed by atoms with E-state index in [1.54, 1.807) is 0 Å². The predicted octanol–water partition coefficient (Wildman–Crippen LogP) is 3.42. The van der Waals surface area contributed by atoms with Crippen molar-refractivity contribution in [2.45, 2.75) is 37.4 Å². The maximum Gasteiger partial charge on any atom is 0.0613 e. The van der Waals surface area contributed by atoms with Crippen LogP contribution < -0.4 is 10.6 Å². The van der Waals surface area contributed by atoms with Gasteiger partial charge in [-0.2, -0.15) is 0 Å². The summed E-state index contributed by atoms with van der Waals surface area (Å²) >= 11 is 0. The minimum absolute atomic E-state index is 0.143. The van der Waals surface area contributed by atoms with Gasteiger partial charge in [-0.25, -0.2) is 0 Å². The van der Waals surface area contributed by atoms with E-state index < -0.39 is 7.92 Å². The third kappa shape index (κ3) is 2.95. The second-order valence-electron chi connectivity index (χ2n) is 5.46. The second kappa shape index (κ2) is 6.52. The van der Waals surface area contributed by atoms with E-state index in [1.807, 2.05) is 0 Å². The van der Waals surface area contributed by atoms with E-state index in [9.17, 15) is 5.11 Å². The van der Waals surface area contributed by atoms with Crippen LogP contribution in [0.3, 0.4) is 0 Å². The summed E-state index contributed by atoms with van der Waals surface area (Å²) in [5, 5.41) is 13.3. The van der Waals surface area contributed by atoms with Crippen molar-refractivity contribution >= 4 is 18.5 Å². The Bertz CT molecular complexity index is 486. The van der Waals surface area contributed by atoms with Gasteiger partial charge < -0.3 is 5.11 Å². The Kier molecular flexibility index (Phi) is 4.50. The number of hydrogen-bond acceptors (Lipinski definition) is 1. The smallest absolute Gasteiger partial charge is 0.0613 e. The Morgan fingerprint density at radius 3 is 1.75 bits per heavy atom. The maximum absolute atomic E-state index is 10.5. The molecule has 1 N–H and O–H groups in total. The van der Waals surface area contributed by atoms with Crippen molar-refractivity contribution in [1.82, 2.24) is 0 Å². The minimum atomic E-state index is -0.458. The van der Waals surface area contributed by atoms with Crippen molar-refractivity contribution in [2.75, 3.05) is 0 Å². The molecule has 0 bridgehead atoms. The van der Waals surface area contributed by atoms with E-state index in [4.69, 9.17) is 0 Å². The largest absolute Gasteiger partial charge is 0.392 e. The van der Waals surface area contributed by atoms with Gasteiger partial charge in [0, 0.05) is 5.66 Å². The van der Waals surface area contributed by atoms with Crippen LogP contribution in [0.1, 0.15) is 25.7 Å². The average Bonchev–Trinajstić information content (AvgIpc) is 2.52. The van der Waals surface area contributed by atoms with Gasteiger partial charge in [0.05, 0.1) is 6.10 Å². The van der Waals surface area contributed by atoms with Crippen LogP contribution in [-0.2, 0) is 0 Å². The Labute approximate surface area is 122 Å². The van der Waals surface area contributed by atoms with Crippen molar-refractivity contribution in [1.29, 1.82) is 0 Å². The van der Waals surface area contributed by atoms with E-state index in [2.05, 4.69) is 60.7 Å². The van der Waals surface area contributed by atoms with Crippen LogP contribution >= 0.6 is 7.92 Å². The molecule has 1 aliphatic carbocycles. The van der Waals surface area contributed by atoms with Gasteiger partial charge in [-0.3, -0.25) is 0 Å². The minimum Gasteiger partial charge on any atom is -0.392 e. The lowest BCUT2D eigenvalue weighted by Gasteiger charge is -2.35. The number of benzene rings is 2. The van der Waals surface area contributed by atoms with Crippen LogP contribution in [0.4, 0.5) is 0 Å². The summed E-state index contributed by atoms with van der Waals surface area (Å²) < 4.78 is 0. The van der Waals surface area contributed by atoms with Gasteiger partial charge in [0.15, 0.2) is 0 Å². The Hall–Kier alpha value is -1.17. The fourth-order valence-electron chi connectivity index (χ4n) is 3.10. The van der Waals surface area contributed by atoms with Crippen LogP contribution in [-0.4, -0.2) is 16.9 Å². The molecule has 0 aliphatic heterocycles. The van der Waals surface area contributed by atoms with Crippen molar-refractivity contribution < 1.29 is 5.11 Å². The van der Waals surface area contributed by atoms with Crippen LogP contribution in [0, 0.1) is 0 Å². The third-order valence-corrected chi connectivity index (χ3v) is 7.07. The first-order valence-electron chi connectivity index (χ1n) is 7.43. The van der Waals surface area contributed by atoms with Gasteiger partial charge >= 0.3 is 0 Å². The highest BCUT2D eigenvalue weighted by molar-refractivity contribution is 7.73. The van der Waals surface area contributed by atoms with Crippen LogP contribution in [0.5, 0.6) is 0 Å². The van der Waals surface area contributed by atoms with E-state index >= 15 is 0 Å². The summed E-state index contributed by atoms with van der Waals surface area (Å²) in [5.74, 6) is 0. The molecule has 1 nitrogen and oxygen atoms in total. The van der Waals surface area contributed by atoms with Crippen molar-refractivity contribution in [2.24, 2.45) is 0 Å². The molecule has 3 rings (SSSR count). The lowest BCUT2D eigenvalue weighted by molar-refractivity contribution is 0.135. The Balaban J connectivity index is 1.99. The summed E-state index contributed by atoms with van der Waals surface area (Å²) in [6.07, 6.45) is 4.39. The maximum atomic E-state index is 10.5. The molecule has 0 spiro atoms. The molecule has 1 saturated carbocycles. The summed E-state index contributed by atoms with van der Waals surface area (Å²) in [7, 11) is -0.458. The van der Waals surface area contributed by atoms with Crippen LogP contribution in [0.15, 0.2) is 60.7 Å². The first kappa shape index (κ1) is 13.8. The number of aliphatic hydroxyl groups excluding tert-OH is 1. The highest BCUT2D eigenvalue weighted by Gasteiger charge is 2.32. The SMILES string of the molecule is OC1CCCCC1P(c1ccccc1)c1ccccc1. The van der Waals surface area contributed by atoms with Crippen molar-refractivity contribution in [3.8, 4) is 0 Å². The number of aliphatic hydroxyl groups is 1. The van der Waals surface area contributed by atoms with Gasteiger partial charge in [-0.05, 0) is 31.4 Å². The van der Waals surface area contributed by atoms with E-state index in [-0.39, 0.29) is 6.10 Å². The highest BCUT2D eigenvalue weighted by atomic mass is 31.1. The van der Waals surface area contributed by atoms with Crippen molar-refractivity contribution in [3.05, 3.63) is 60.7 Å². The summed E-state index contributed by atoms with van der Waals surface area (Å²) in [4.78, 5) is 0. The monoisotopic (exact) mass is 284 g/mol. The molecular weight excluding hydrogens is 263 g/mol. The summed E-state index contributed by atoms with van der Waals surface area (Å²) in [6.45, 7) is 0. The third-order valence-electron chi connectivity index (χ3n) is 4.09. The molecule has 0 heterocycles. The van der Waals surface area contributed by atoms with Crippen LogP contribution in [0.25, 0.3) is 0 Å². The van der Waals surface area contributed by atoms with Gasteiger partial charge in [0.1, 0.15) is 0 Å².